The molecule has 0 saturated carbocycles. The molecule has 0 aromatic carbocycles. The highest BCUT2D eigenvalue weighted by atomic mass is 16.6. The molecule has 104 valence electrons. The minimum Gasteiger partial charge on any atom is -0.462 e. The lowest BCUT2D eigenvalue weighted by Gasteiger charge is -2.01. The molecule has 0 aliphatic rings. The Kier molecular flexibility index (Phi) is 12.3. The number of ether oxygens (including phenoxy) is 2. The van der Waals surface area contributed by atoms with Crippen LogP contribution in [0.3, 0.4) is 0 Å². The van der Waals surface area contributed by atoms with Crippen LogP contribution in [-0.4, -0.2) is 29.9 Å². The predicted molar refractivity (Wildman–Crippen MR) is 68.7 cm³/mol. The lowest BCUT2D eigenvalue weighted by Crippen LogP contribution is -2.10. The Hall–Kier alpha value is -1.62. The normalized spacial score (nSPS) is 10.4. The van der Waals surface area contributed by atoms with E-state index in [2.05, 4.69) is 24.8 Å². The van der Waals surface area contributed by atoms with Crippen molar-refractivity contribution in [2.75, 3.05) is 6.61 Å². The zero-order valence-electron chi connectivity index (χ0n) is 11.3. The number of esters is 2. The van der Waals surface area contributed by atoms with Gasteiger partial charge in [0.15, 0.2) is 6.29 Å². The first kappa shape index (κ1) is 18.7. The molecule has 0 radical (unpaired) electrons. The van der Waals surface area contributed by atoms with Crippen molar-refractivity contribution < 1.29 is 24.2 Å². The van der Waals surface area contributed by atoms with Crippen molar-refractivity contribution in [2.24, 2.45) is 0 Å². The van der Waals surface area contributed by atoms with E-state index in [0.717, 1.165) is 18.9 Å². The van der Waals surface area contributed by atoms with Crippen molar-refractivity contribution in [1.82, 2.24) is 0 Å². The van der Waals surface area contributed by atoms with Crippen LogP contribution in [0.15, 0.2) is 24.8 Å². The zero-order chi connectivity index (χ0) is 14.6. The maximum Gasteiger partial charge on any atom is 0.333 e. The van der Waals surface area contributed by atoms with E-state index in [1.54, 1.807) is 6.92 Å². The van der Waals surface area contributed by atoms with Crippen molar-refractivity contribution in [3.63, 3.8) is 0 Å². The third-order valence-electron chi connectivity index (χ3n) is 1.53. The van der Waals surface area contributed by atoms with Crippen molar-refractivity contribution >= 4 is 11.9 Å². The Labute approximate surface area is 108 Å². The molecule has 0 rings (SSSR count). The van der Waals surface area contributed by atoms with Gasteiger partial charge in [0.05, 0.1) is 6.61 Å². The Bertz CT molecular complexity index is 281. The summed E-state index contributed by atoms with van der Waals surface area (Å²) in [7, 11) is 0. The highest BCUT2D eigenvalue weighted by Crippen LogP contribution is 1.94. The fraction of sp³-hybridized carbons (Fsp3) is 0.538. The van der Waals surface area contributed by atoms with E-state index in [0.29, 0.717) is 12.2 Å². The van der Waals surface area contributed by atoms with Gasteiger partial charge in [-0.05, 0) is 20.3 Å². The molecule has 1 unspecified atom stereocenters. The van der Waals surface area contributed by atoms with Gasteiger partial charge in [0, 0.05) is 11.6 Å². The van der Waals surface area contributed by atoms with E-state index in [4.69, 9.17) is 9.84 Å². The fourth-order valence-corrected chi connectivity index (χ4v) is 0.649. The van der Waals surface area contributed by atoms with Gasteiger partial charge >= 0.3 is 11.9 Å². The molecule has 0 aliphatic carbocycles. The molecule has 0 aromatic rings. The zero-order valence-corrected chi connectivity index (χ0v) is 11.3. The molecule has 0 saturated heterocycles. The Morgan fingerprint density at radius 1 is 1.44 bits per heavy atom. The van der Waals surface area contributed by atoms with Gasteiger partial charge in [0.25, 0.3) is 0 Å². The average Bonchev–Trinajstić information content (AvgIpc) is 2.29. The molecule has 0 aromatic heterocycles. The lowest BCUT2D eigenvalue weighted by molar-refractivity contribution is -0.158. The van der Waals surface area contributed by atoms with Crippen LogP contribution < -0.4 is 0 Å². The van der Waals surface area contributed by atoms with Gasteiger partial charge in [-0.15, -0.1) is 0 Å². The average molecular weight is 258 g/mol. The maximum atomic E-state index is 10.7. The first-order valence-corrected chi connectivity index (χ1v) is 5.68. The van der Waals surface area contributed by atoms with Crippen LogP contribution in [-0.2, 0) is 19.1 Å². The molecule has 0 bridgehead atoms. The first-order chi connectivity index (χ1) is 8.34. The summed E-state index contributed by atoms with van der Waals surface area (Å²) in [4.78, 5) is 20.8. The van der Waals surface area contributed by atoms with E-state index >= 15 is 0 Å². The number of hydrogen-bond acceptors (Lipinski definition) is 5. The van der Waals surface area contributed by atoms with Gasteiger partial charge in [-0.2, -0.15) is 0 Å². The summed E-state index contributed by atoms with van der Waals surface area (Å²) in [6.07, 6.45) is 1.93. The third kappa shape index (κ3) is 14.4. The number of aliphatic hydroxyl groups is 1. The van der Waals surface area contributed by atoms with Crippen LogP contribution in [0.1, 0.15) is 33.6 Å². The quantitative estimate of drug-likeness (QED) is 0.341. The molecule has 0 heterocycles. The lowest BCUT2D eigenvalue weighted by atomic mass is 10.3. The Morgan fingerprint density at radius 2 is 2.00 bits per heavy atom. The van der Waals surface area contributed by atoms with Crippen molar-refractivity contribution in [1.29, 1.82) is 0 Å². The maximum absolute atomic E-state index is 10.7. The van der Waals surface area contributed by atoms with Crippen LogP contribution in [0.4, 0.5) is 0 Å². The van der Waals surface area contributed by atoms with Gasteiger partial charge in [-0.1, -0.05) is 26.5 Å². The predicted octanol–water partition coefficient (Wildman–Crippen LogP) is 1.96. The standard InChI is InChI=1S/C8H14O2.C5H8O3/c1-4-5-6-10-8(9)7(2)3;1-3-5(7)8-4(2)6/h2,4-6H2,1,3H3;3-4,6H,1H2,2H3. The second-order valence-electron chi connectivity index (χ2n) is 3.51. The summed E-state index contributed by atoms with van der Waals surface area (Å²) in [6.45, 7) is 12.1. The van der Waals surface area contributed by atoms with Crippen LogP contribution >= 0.6 is 0 Å². The molecule has 5 heteroatoms. The third-order valence-corrected chi connectivity index (χ3v) is 1.53. The highest BCUT2D eigenvalue weighted by Gasteiger charge is 2.00. The molecule has 0 spiro atoms. The van der Waals surface area contributed by atoms with E-state index in [-0.39, 0.29) is 5.97 Å². The summed E-state index contributed by atoms with van der Waals surface area (Å²) in [5.41, 5.74) is 0.469. The summed E-state index contributed by atoms with van der Waals surface area (Å²) in [6, 6.07) is 0. The summed E-state index contributed by atoms with van der Waals surface area (Å²) < 4.78 is 9.00. The molecule has 5 nitrogen and oxygen atoms in total. The highest BCUT2D eigenvalue weighted by molar-refractivity contribution is 5.86. The van der Waals surface area contributed by atoms with Crippen LogP contribution in [0, 0.1) is 0 Å². The van der Waals surface area contributed by atoms with Crippen molar-refractivity contribution in [3.05, 3.63) is 24.8 Å². The van der Waals surface area contributed by atoms with E-state index in [1.165, 1.54) is 6.92 Å². The van der Waals surface area contributed by atoms with Crippen LogP contribution in [0.25, 0.3) is 0 Å². The molecule has 0 aliphatic heterocycles. The molecular weight excluding hydrogens is 236 g/mol. The number of hydrogen-bond donors (Lipinski definition) is 1. The van der Waals surface area contributed by atoms with Crippen LogP contribution in [0.5, 0.6) is 0 Å². The summed E-state index contributed by atoms with van der Waals surface area (Å²) in [5, 5.41) is 8.36. The first-order valence-electron chi connectivity index (χ1n) is 5.68. The fourth-order valence-electron chi connectivity index (χ4n) is 0.649. The molecule has 1 N–H and O–H groups in total. The monoisotopic (exact) mass is 258 g/mol. The SMILES string of the molecule is C=C(C)C(=O)OCCCC.C=CC(=O)OC(C)O. The smallest absolute Gasteiger partial charge is 0.333 e. The number of rotatable bonds is 6. The molecule has 0 amide bonds. The topological polar surface area (TPSA) is 72.8 Å². The second kappa shape index (κ2) is 11.9. The molecular formula is C13H22O5. The number of carbonyl (C=O) groups excluding carboxylic acids is 2. The molecule has 18 heavy (non-hydrogen) atoms. The Balaban J connectivity index is 0. The van der Waals surface area contributed by atoms with Gasteiger partial charge in [0.2, 0.25) is 0 Å². The summed E-state index contributed by atoms with van der Waals surface area (Å²) in [5.74, 6) is -0.895. The van der Waals surface area contributed by atoms with Gasteiger partial charge in [-0.3, -0.25) is 0 Å². The van der Waals surface area contributed by atoms with Gasteiger partial charge < -0.3 is 14.6 Å². The van der Waals surface area contributed by atoms with E-state index < -0.39 is 12.3 Å². The number of unbranched alkanes of at least 4 members (excludes halogenated alkanes) is 1. The molecule has 0 fully saturated rings. The largest absolute Gasteiger partial charge is 0.462 e. The van der Waals surface area contributed by atoms with Crippen molar-refractivity contribution in [2.45, 2.75) is 39.9 Å². The molecule has 1 atom stereocenters. The minimum atomic E-state index is -1.04. The van der Waals surface area contributed by atoms with E-state index in [9.17, 15) is 9.59 Å². The number of aliphatic hydroxyl groups excluding tert-OH is 1. The van der Waals surface area contributed by atoms with E-state index in [1.807, 2.05) is 0 Å². The Morgan fingerprint density at radius 3 is 2.28 bits per heavy atom. The van der Waals surface area contributed by atoms with Gasteiger partial charge in [-0.25, -0.2) is 9.59 Å². The minimum absolute atomic E-state index is 0.284. The van der Waals surface area contributed by atoms with Crippen LogP contribution in [0.2, 0.25) is 0 Å². The summed E-state index contributed by atoms with van der Waals surface area (Å²) >= 11 is 0. The number of carbonyl (C=O) groups is 2. The van der Waals surface area contributed by atoms with Gasteiger partial charge in [0.1, 0.15) is 0 Å². The second-order valence-corrected chi connectivity index (χ2v) is 3.51. The van der Waals surface area contributed by atoms with Crippen molar-refractivity contribution in [3.8, 4) is 0 Å².